The highest BCUT2D eigenvalue weighted by molar-refractivity contribution is 7.99. The van der Waals surface area contributed by atoms with E-state index in [1.807, 2.05) is 91.0 Å². The van der Waals surface area contributed by atoms with Crippen LogP contribution < -0.4 is 0 Å². The molecule has 3 aromatic rings. The molecule has 2 aliphatic heterocycles. The summed E-state index contributed by atoms with van der Waals surface area (Å²) in [6, 6.07) is 29.2. The Morgan fingerprint density at radius 1 is 0.844 bits per heavy atom. The Balaban J connectivity index is 1.35. The predicted octanol–water partition coefficient (Wildman–Crippen LogP) is 5.54. The summed E-state index contributed by atoms with van der Waals surface area (Å²) >= 11 is 1.47. The Bertz CT molecular complexity index is 975. The maximum atomic E-state index is 15.9. The fraction of sp³-hybridized carbons (Fsp3) is 0.308. The maximum Gasteiger partial charge on any atom is 0.184 e. The Labute approximate surface area is 191 Å². The number of benzene rings is 3. The van der Waals surface area contributed by atoms with Gasteiger partial charge in [0.2, 0.25) is 0 Å². The molecule has 2 aliphatic rings. The standard InChI is InChI=1S/C26H25FO4S/c27-22-23-21(17-29-25(31-23)19-12-6-2-7-13-19)30-26(32-20-14-8-3-9-15-20)24(22)28-16-18-10-4-1-5-11-18/h1-15,21-26H,16-17H2/t21-,22+,23-,24-,25-,26+/m1/s1. The van der Waals surface area contributed by atoms with Crippen LogP contribution in [-0.2, 0) is 25.6 Å². The molecular formula is C26H25FO4S. The van der Waals surface area contributed by atoms with Crippen LogP contribution in [0.2, 0.25) is 0 Å². The maximum absolute atomic E-state index is 15.9. The van der Waals surface area contributed by atoms with Crippen molar-refractivity contribution in [2.24, 2.45) is 0 Å². The van der Waals surface area contributed by atoms with Crippen LogP contribution in [0.25, 0.3) is 0 Å². The van der Waals surface area contributed by atoms with Gasteiger partial charge in [-0.15, -0.1) is 0 Å². The molecule has 0 N–H and O–H groups in total. The number of hydrogen-bond acceptors (Lipinski definition) is 5. The van der Waals surface area contributed by atoms with Gasteiger partial charge < -0.3 is 18.9 Å². The zero-order valence-corrected chi connectivity index (χ0v) is 18.3. The van der Waals surface area contributed by atoms with Crippen molar-refractivity contribution in [1.29, 1.82) is 0 Å². The molecule has 3 aromatic carbocycles. The Hall–Kier alpha value is -2.22. The molecule has 0 saturated carbocycles. The van der Waals surface area contributed by atoms with Gasteiger partial charge in [0.25, 0.3) is 0 Å². The zero-order chi connectivity index (χ0) is 21.8. The monoisotopic (exact) mass is 452 g/mol. The van der Waals surface area contributed by atoms with Crippen molar-refractivity contribution in [3.63, 3.8) is 0 Å². The normalized spacial score (nSPS) is 29.9. The molecule has 2 saturated heterocycles. The molecule has 0 radical (unpaired) electrons. The van der Waals surface area contributed by atoms with E-state index in [0.29, 0.717) is 6.61 Å². The number of ether oxygens (including phenoxy) is 4. The molecule has 5 rings (SSSR count). The van der Waals surface area contributed by atoms with Gasteiger partial charge in [-0.2, -0.15) is 0 Å². The van der Waals surface area contributed by atoms with Crippen molar-refractivity contribution in [2.45, 2.75) is 47.7 Å². The molecular weight excluding hydrogens is 427 g/mol. The van der Waals surface area contributed by atoms with Crippen molar-refractivity contribution in [1.82, 2.24) is 0 Å². The number of thioether (sulfide) groups is 1. The van der Waals surface area contributed by atoms with E-state index in [2.05, 4.69) is 0 Å². The summed E-state index contributed by atoms with van der Waals surface area (Å²) in [6.45, 7) is 0.568. The highest BCUT2D eigenvalue weighted by Crippen LogP contribution is 2.41. The molecule has 166 valence electrons. The molecule has 6 atom stereocenters. The Morgan fingerprint density at radius 3 is 2.22 bits per heavy atom. The minimum atomic E-state index is -1.35. The molecule has 0 aromatic heterocycles. The van der Waals surface area contributed by atoms with E-state index in [1.165, 1.54) is 11.8 Å². The first-order valence-electron chi connectivity index (χ1n) is 10.8. The van der Waals surface area contributed by atoms with Gasteiger partial charge in [0, 0.05) is 10.5 Å². The van der Waals surface area contributed by atoms with E-state index in [9.17, 15) is 0 Å². The van der Waals surface area contributed by atoms with Crippen LogP contribution in [0.3, 0.4) is 0 Å². The second kappa shape index (κ2) is 10.1. The van der Waals surface area contributed by atoms with Crippen LogP contribution >= 0.6 is 11.8 Å². The van der Waals surface area contributed by atoms with E-state index in [0.717, 1.165) is 16.0 Å². The molecule has 4 nitrogen and oxygen atoms in total. The third-order valence-corrected chi connectivity index (χ3v) is 6.77. The van der Waals surface area contributed by atoms with Gasteiger partial charge in [-0.25, -0.2) is 4.39 Å². The predicted molar refractivity (Wildman–Crippen MR) is 121 cm³/mol. The summed E-state index contributed by atoms with van der Waals surface area (Å²) in [4.78, 5) is 0.997. The molecule has 0 bridgehead atoms. The zero-order valence-electron chi connectivity index (χ0n) is 17.5. The van der Waals surface area contributed by atoms with Crippen molar-refractivity contribution in [2.75, 3.05) is 6.61 Å². The van der Waals surface area contributed by atoms with Gasteiger partial charge in [-0.1, -0.05) is 90.6 Å². The number of halogens is 1. The van der Waals surface area contributed by atoms with Gasteiger partial charge in [0.05, 0.1) is 13.2 Å². The minimum absolute atomic E-state index is 0.266. The van der Waals surface area contributed by atoms with Gasteiger partial charge in [0.15, 0.2) is 12.5 Å². The van der Waals surface area contributed by atoms with E-state index in [1.54, 1.807) is 0 Å². The van der Waals surface area contributed by atoms with Crippen LogP contribution in [0.4, 0.5) is 4.39 Å². The number of fused-ring (bicyclic) bond motifs is 1. The first kappa shape index (κ1) is 21.6. The largest absolute Gasteiger partial charge is 0.367 e. The van der Waals surface area contributed by atoms with Crippen LogP contribution in [0.15, 0.2) is 95.9 Å². The number of hydrogen-bond donors (Lipinski definition) is 0. The summed E-state index contributed by atoms with van der Waals surface area (Å²) in [5.74, 6) is 0. The van der Waals surface area contributed by atoms with Crippen LogP contribution in [0.5, 0.6) is 0 Å². The molecule has 0 aliphatic carbocycles. The van der Waals surface area contributed by atoms with Crippen molar-refractivity contribution >= 4 is 11.8 Å². The van der Waals surface area contributed by atoms with Crippen LogP contribution in [-0.4, -0.2) is 36.5 Å². The van der Waals surface area contributed by atoms with Gasteiger partial charge >= 0.3 is 0 Å². The topological polar surface area (TPSA) is 36.9 Å². The lowest BCUT2D eigenvalue weighted by molar-refractivity contribution is -0.313. The average Bonchev–Trinajstić information content (AvgIpc) is 2.85. The number of alkyl halides is 1. The lowest BCUT2D eigenvalue weighted by Gasteiger charge is -2.46. The Morgan fingerprint density at radius 2 is 1.50 bits per heavy atom. The van der Waals surface area contributed by atoms with Crippen molar-refractivity contribution in [3.8, 4) is 0 Å². The van der Waals surface area contributed by atoms with Crippen LogP contribution in [0.1, 0.15) is 17.4 Å². The third kappa shape index (κ3) is 4.90. The fourth-order valence-corrected chi connectivity index (χ4v) is 5.12. The first-order chi connectivity index (χ1) is 15.8. The van der Waals surface area contributed by atoms with Gasteiger partial charge in [-0.3, -0.25) is 0 Å². The quantitative estimate of drug-likeness (QED) is 0.491. The molecule has 0 amide bonds. The fourth-order valence-electron chi connectivity index (χ4n) is 3.98. The lowest BCUT2D eigenvalue weighted by atomic mass is 9.99. The summed E-state index contributed by atoms with van der Waals surface area (Å²) < 4.78 is 40.3. The Kier molecular flexibility index (Phi) is 6.86. The first-order valence-corrected chi connectivity index (χ1v) is 11.6. The molecule has 0 unspecified atom stereocenters. The summed E-state index contributed by atoms with van der Waals surface area (Å²) in [5, 5.41) is 0. The summed E-state index contributed by atoms with van der Waals surface area (Å²) in [5.41, 5.74) is 1.33. The molecule has 2 heterocycles. The van der Waals surface area contributed by atoms with Gasteiger partial charge in [-0.05, 0) is 17.7 Å². The molecule has 0 spiro atoms. The molecule has 6 heteroatoms. The third-order valence-electron chi connectivity index (χ3n) is 5.62. The summed E-state index contributed by atoms with van der Waals surface area (Å²) in [7, 11) is 0. The molecule has 2 fully saturated rings. The highest BCUT2D eigenvalue weighted by atomic mass is 32.2. The van der Waals surface area contributed by atoms with E-state index < -0.39 is 36.2 Å². The lowest BCUT2D eigenvalue weighted by Crippen LogP contribution is -2.60. The number of rotatable bonds is 6. The summed E-state index contributed by atoms with van der Waals surface area (Å²) in [6.07, 6.45) is -4.01. The smallest absolute Gasteiger partial charge is 0.184 e. The second-order valence-corrected chi connectivity index (χ2v) is 9.03. The van der Waals surface area contributed by atoms with Gasteiger partial charge in [0.1, 0.15) is 23.7 Å². The van der Waals surface area contributed by atoms with Crippen molar-refractivity contribution in [3.05, 3.63) is 102 Å². The van der Waals surface area contributed by atoms with E-state index >= 15 is 4.39 Å². The van der Waals surface area contributed by atoms with E-state index in [4.69, 9.17) is 18.9 Å². The minimum Gasteiger partial charge on any atom is -0.367 e. The second-order valence-electron chi connectivity index (χ2n) is 7.86. The highest BCUT2D eigenvalue weighted by Gasteiger charge is 2.51. The molecule has 32 heavy (non-hydrogen) atoms. The SMILES string of the molecule is F[C@@H]1[C@@H](OCc2ccccc2)[C@H](Sc2ccccc2)O[C@@H]2CO[C@@H](c3ccccc3)O[C@@H]12. The van der Waals surface area contributed by atoms with E-state index in [-0.39, 0.29) is 6.61 Å². The van der Waals surface area contributed by atoms with Crippen LogP contribution in [0, 0.1) is 0 Å². The van der Waals surface area contributed by atoms with Crippen molar-refractivity contribution < 1.29 is 23.3 Å². The average molecular weight is 453 g/mol.